The van der Waals surface area contributed by atoms with Gasteiger partial charge in [0, 0.05) is 21.2 Å². The van der Waals surface area contributed by atoms with Crippen LogP contribution < -0.4 is 0 Å². The van der Waals surface area contributed by atoms with Gasteiger partial charge in [0.2, 0.25) is 0 Å². The summed E-state index contributed by atoms with van der Waals surface area (Å²) in [4.78, 5) is 5.47. The third kappa shape index (κ3) is 3.49. The van der Waals surface area contributed by atoms with Crippen LogP contribution >= 0.6 is 11.3 Å². The number of thiophene rings is 1. The molecule has 0 aliphatic rings. The van der Waals surface area contributed by atoms with E-state index in [1.54, 1.807) is 0 Å². The standard InChI is InChI=1S/C9H13N3S/c1-2-3-8-4-5-9(13-8)6-7-11-12-10/h4-5H,2-3,6-7H2,1H3. The normalized spacial score (nSPS) is 9.62. The maximum atomic E-state index is 8.10. The Morgan fingerprint density at radius 1 is 1.38 bits per heavy atom. The fourth-order valence-electron chi connectivity index (χ4n) is 1.14. The second kappa shape index (κ2) is 5.62. The highest BCUT2D eigenvalue weighted by Gasteiger charge is 1.97. The van der Waals surface area contributed by atoms with E-state index in [9.17, 15) is 0 Å². The van der Waals surface area contributed by atoms with E-state index in [1.807, 2.05) is 11.3 Å². The van der Waals surface area contributed by atoms with E-state index >= 15 is 0 Å². The van der Waals surface area contributed by atoms with Gasteiger partial charge in [0.25, 0.3) is 0 Å². The molecule has 0 fully saturated rings. The van der Waals surface area contributed by atoms with Crippen LogP contribution in [0, 0.1) is 0 Å². The van der Waals surface area contributed by atoms with Gasteiger partial charge in [-0.15, -0.1) is 11.3 Å². The largest absolute Gasteiger partial charge is 0.145 e. The van der Waals surface area contributed by atoms with Crippen molar-refractivity contribution in [2.75, 3.05) is 6.54 Å². The van der Waals surface area contributed by atoms with Gasteiger partial charge < -0.3 is 0 Å². The van der Waals surface area contributed by atoms with Gasteiger partial charge >= 0.3 is 0 Å². The Bertz CT molecular complexity index is 300. The van der Waals surface area contributed by atoms with E-state index in [4.69, 9.17) is 5.53 Å². The van der Waals surface area contributed by atoms with E-state index < -0.39 is 0 Å². The molecule has 3 nitrogen and oxygen atoms in total. The van der Waals surface area contributed by atoms with Crippen LogP contribution in [0.4, 0.5) is 0 Å². The maximum Gasteiger partial charge on any atom is 0.0306 e. The smallest absolute Gasteiger partial charge is 0.0306 e. The zero-order valence-electron chi connectivity index (χ0n) is 7.73. The molecule has 0 saturated carbocycles. The van der Waals surface area contributed by atoms with Crippen LogP contribution in [0.2, 0.25) is 0 Å². The Morgan fingerprint density at radius 2 is 2.08 bits per heavy atom. The van der Waals surface area contributed by atoms with Gasteiger partial charge in [0.1, 0.15) is 0 Å². The molecule has 1 heterocycles. The van der Waals surface area contributed by atoms with Crippen LogP contribution in [0.25, 0.3) is 10.4 Å². The van der Waals surface area contributed by atoms with Gasteiger partial charge in [-0.25, -0.2) is 0 Å². The number of hydrogen-bond donors (Lipinski definition) is 0. The first-order valence-corrected chi connectivity index (χ1v) is 5.27. The minimum absolute atomic E-state index is 0.572. The summed E-state index contributed by atoms with van der Waals surface area (Å²) < 4.78 is 0. The Balaban J connectivity index is 2.43. The average Bonchev–Trinajstić information content (AvgIpc) is 2.54. The average molecular weight is 195 g/mol. The lowest BCUT2D eigenvalue weighted by Crippen LogP contribution is -1.82. The van der Waals surface area contributed by atoms with E-state index in [0.717, 1.165) is 12.8 Å². The van der Waals surface area contributed by atoms with Crippen molar-refractivity contribution in [3.05, 3.63) is 32.3 Å². The molecule has 1 rings (SSSR count). The van der Waals surface area contributed by atoms with Crippen molar-refractivity contribution in [2.24, 2.45) is 5.11 Å². The van der Waals surface area contributed by atoms with Crippen molar-refractivity contribution in [3.63, 3.8) is 0 Å². The minimum atomic E-state index is 0.572. The van der Waals surface area contributed by atoms with Crippen molar-refractivity contribution in [1.29, 1.82) is 0 Å². The molecule has 0 N–H and O–H groups in total. The van der Waals surface area contributed by atoms with Crippen molar-refractivity contribution in [3.8, 4) is 0 Å². The predicted octanol–water partition coefficient (Wildman–Crippen LogP) is 3.55. The quantitative estimate of drug-likeness (QED) is 0.392. The molecule has 0 amide bonds. The number of nitrogens with zero attached hydrogens (tertiary/aromatic N) is 3. The molecule has 0 spiro atoms. The van der Waals surface area contributed by atoms with E-state index in [0.29, 0.717) is 6.54 Å². The molecule has 0 atom stereocenters. The lowest BCUT2D eigenvalue weighted by atomic mass is 10.3. The summed E-state index contributed by atoms with van der Waals surface area (Å²) in [6, 6.07) is 4.29. The fraction of sp³-hybridized carbons (Fsp3) is 0.556. The van der Waals surface area contributed by atoms with Gasteiger partial charge in [-0.1, -0.05) is 18.5 Å². The van der Waals surface area contributed by atoms with Crippen LogP contribution in [0.5, 0.6) is 0 Å². The maximum absolute atomic E-state index is 8.10. The SMILES string of the molecule is CCCc1ccc(CCN=[N+]=[N-])s1. The Hall–Kier alpha value is -0.990. The molecule has 0 bridgehead atoms. The molecule has 0 unspecified atom stereocenters. The van der Waals surface area contributed by atoms with Crippen LogP contribution in [0.15, 0.2) is 17.2 Å². The zero-order valence-corrected chi connectivity index (χ0v) is 8.55. The number of hydrogen-bond acceptors (Lipinski definition) is 2. The van der Waals surface area contributed by atoms with Gasteiger partial charge in [0.05, 0.1) is 0 Å². The molecule has 0 aliphatic carbocycles. The summed E-state index contributed by atoms with van der Waals surface area (Å²) in [7, 11) is 0. The van der Waals surface area contributed by atoms with Gasteiger partial charge in [-0.3, -0.25) is 0 Å². The van der Waals surface area contributed by atoms with Crippen molar-refractivity contribution >= 4 is 11.3 Å². The van der Waals surface area contributed by atoms with Crippen molar-refractivity contribution < 1.29 is 0 Å². The Labute approximate surface area is 82.0 Å². The molecule has 1 aromatic heterocycles. The van der Waals surface area contributed by atoms with Crippen LogP contribution in [0.3, 0.4) is 0 Å². The van der Waals surface area contributed by atoms with Gasteiger partial charge in [-0.05, 0) is 30.5 Å². The summed E-state index contributed by atoms with van der Waals surface area (Å²) in [5.41, 5.74) is 8.10. The molecule has 0 radical (unpaired) electrons. The molecular formula is C9H13N3S. The first-order valence-electron chi connectivity index (χ1n) is 4.45. The lowest BCUT2D eigenvalue weighted by Gasteiger charge is -1.90. The fourth-order valence-corrected chi connectivity index (χ4v) is 2.25. The molecule has 13 heavy (non-hydrogen) atoms. The highest BCUT2D eigenvalue weighted by Crippen LogP contribution is 2.18. The summed E-state index contributed by atoms with van der Waals surface area (Å²) in [5.74, 6) is 0. The first-order chi connectivity index (χ1) is 6.36. The second-order valence-electron chi connectivity index (χ2n) is 2.82. The van der Waals surface area contributed by atoms with E-state index in [2.05, 4.69) is 29.1 Å². The predicted molar refractivity (Wildman–Crippen MR) is 56.0 cm³/mol. The monoisotopic (exact) mass is 195 g/mol. The molecule has 70 valence electrons. The number of rotatable bonds is 5. The Morgan fingerprint density at radius 3 is 2.69 bits per heavy atom. The molecule has 1 aromatic rings. The third-order valence-corrected chi connectivity index (χ3v) is 2.94. The van der Waals surface area contributed by atoms with Crippen LogP contribution in [0.1, 0.15) is 23.1 Å². The van der Waals surface area contributed by atoms with E-state index in [1.165, 1.54) is 16.2 Å². The molecule has 0 aliphatic heterocycles. The Kier molecular flexibility index (Phi) is 4.36. The first kappa shape index (κ1) is 10.1. The second-order valence-corrected chi connectivity index (χ2v) is 4.08. The molecular weight excluding hydrogens is 182 g/mol. The highest BCUT2D eigenvalue weighted by atomic mass is 32.1. The number of aryl methyl sites for hydroxylation is 1. The molecule has 4 heteroatoms. The summed E-state index contributed by atoms with van der Waals surface area (Å²) >= 11 is 1.82. The molecule has 0 aromatic carbocycles. The summed E-state index contributed by atoms with van der Waals surface area (Å²) in [5, 5.41) is 3.51. The molecule has 0 saturated heterocycles. The highest BCUT2D eigenvalue weighted by molar-refractivity contribution is 7.11. The topological polar surface area (TPSA) is 48.8 Å². The van der Waals surface area contributed by atoms with Crippen LogP contribution in [-0.2, 0) is 12.8 Å². The number of azide groups is 1. The third-order valence-electron chi connectivity index (χ3n) is 1.74. The van der Waals surface area contributed by atoms with Crippen molar-refractivity contribution in [2.45, 2.75) is 26.2 Å². The minimum Gasteiger partial charge on any atom is -0.145 e. The zero-order chi connectivity index (χ0) is 9.52. The van der Waals surface area contributed by atoms with Crippen LogP contribution in [-0.4, -0.2) is 6.54 Å². The summed E-state index contributed by atoms with van der Waals surface area (Å²) in [6.07, 6.45) is 3.22. The lowest BCUT2D eigenvalue weighted by molar-refractivity contribution is 0.940. The van der Waals surface area contributed by atoms with Gasteiger partial charge in [-0.2, -0.15) is 0 Å². The van der Waals surface area contributed by atoms with Gasteiger partial charge in [0.15, 0.2) is 0 Å². The van der Waals surface area contributed by atoms with Crippen molar-refractivity contribution in [1.82, 2.24) is 0 Å². The summed E-state index contributed by atoms with van der Waals surface area (Å²) in [6.45, 7) is 2.75. The van der Waals surface area contributed by atoms with E-state index in [-0.39, 0.29) is 0 Å².